The maximum absolute atomic E-state index is 4.95. The van der Waals surface area contributed by atoms with Crippen molar-refractivity contribution in [3.05, 3.63) is 90.6 Å². The predicted molar refractivity (Wildman–Crippen MR) is 121 cm³/mol. The van der Waals surface area contributed by atoms with Gasteiger partial charge in [0.15, 0.2) is 5.65 Å². The molecule has 31 heavy (non-hydrogen) atoms. The van der Waals surface area contributed by atoms with E-state index in [2.05, 4.69) is 84.8 Å². The molecule has 6 nitrogen and oxygen atoms in total. The van der Waals surface area contributed by atoms with Crippen molar-refractivity contribution in [2.45, 2.75) is 25.3 Å². The molecule has 154 valence electrons. The molecule has 0 radical (unpaired) electrons. The highest BCUT2D eigenvalue weighted by molar-refractivity contribution is 5.66. The Kier molecular flexibility index (Phi) is 4.50. The number of rotatable bonds is 4. The molecule has 5 aromatic rings. The first-order valence-electron chi connectivity index (χ1n) is 10.9. The van der Waals surface area contributed by atoms with E-state index in [1.54, 1.807) is 0 Å². The van der Waals surface area contributed by atoms with Gasteiger partial charge in [-0.1, -0.05) is 42.5 Å². The summed E-state index contributed by atoms with van der Waals surface area (Å²) in [7, 11) is 0. The molecule has 1 aromatic carbocycles. The van der Waals surface area contributed by atoms with Crippen molar-refractivity contribution in [3.8, 4) is 11.3 Å². The summed E-state index contributed by atoms with van der Waals surface area (Å²) in [5.41, 5.74) is 5.44. The van der Waals surface area contributed by atoms with Crippen LogP contribution in [0.2, 0.25) is 0 Å². The Morgan fingerprint density at radius 2 is 1.45 bits per heavy atom. The summed E-state index contributed by atoms with van der Waals surface area (Å²) >= 11 is 0. The van der Waals surface area contributed by atoms with Crippen molar-refractivity contribution in [3.63, 3.8) is 0 Å². The number of hydrogen-bond acceptors (Lipinski definition) is 4. The second-order valence-corrected chi connectivity index (χ2v) is 8.24. The summed E-state index contributed by atoms with van der Waals surface area (Å²) in [5.74, 6) is 1.54. The molecule has 1 saturated heterocycles. The number of fused-ring (bicyclic) bond motifs is 2. The molecule has 6 heteroatoms. The molecular formula is C25H24N6. The first-order valence-corrected chi connectivity index (χ1v) is 10.9. The number of benzene rings is 1. The minimum atomic E-state index is 0.449. The average Bonchev–Trinajstić information content (AvgIpc) is 3.42. The van der Waals surface area contributed by atoms with Crippen molar-refractivity contribution < 1.29 is 0 Å². The fourth-order valence-corrected chi connectivity index (χ4v) is 4.72. The number of imidazole rings is 1. The fraction of sp³-hybridized carbons (Fsp3) is 0.240. The fourth-order valence-electron chi connectivity index (χ4n) is 4.72. The van der Waals surface area contributed by atoms with Crippen LogP contribution in [0.1, 0.15) is 30.3 Å². The lowest BCUT2D eigenvalue weighted by Gasteiger charge is -2.31. The van der Waals surface area contributed by atoms with E-state index in [1.165, 1.54) is 11.3 Å². The van der Waals surface area contributed by atoms with Gasteiger partial charge in [-0.2, -0.15) is 0 Å². The van der Waals surface area contributed by atoms with E-state index >= 15 is 0 Å². The van der Waals surface area contributed by atoms with Gasteiger partial charge in [0, 0.05) is 30.4 Å². The van der Waals surface area contributed by atoms with Crippen LogP contribution in [0.4, 0.5) is 0 Å². The topological polar surface area (TPSA) is 50.7 Å². The van der Waals surface area contributed by atoms with E-state index in [0.717, 1.165) is 55.3 Å². The van der Waals surface area contributed by atoms with Crippen molar-refractivity contribution in [1.82, 2.24) is 28.9 Å². The van der Waals surface area contributed by atoms with Crippen LogP contribution in [0, 0.1) is 0 Å². The third-order valence-corrected chi connectivity index (χ3v) is 6.34. The molecule has 0 bridgehead atoms. The molecule has 0 spiro atoms. The molecule has 0 saturated carbocycles. The van der Waals surface area contributed by atoms with Crippen LogP contribution in [0.3, 0.4) is 0 Å². The normalized spacial score (nSPS) is 15.7. The summed E-state index contributed by atoms with van der Waals surface area (Å²) in [4.78, 5) is 7.50. The van der Waals surface area contributed by atoms with Crippen LogP contribution in [0.5, 0.6) is 0 Å². The molecule has 0 atom stereocenters. The van der Waals surface area contributed by atoms with Gasteiger partial charge in [-0.25, -0.2) is 4.98 Å². The highest BCUT2D eigenvalue weighted by atomic mass is 15.3. The van der Waals surface area contributed by atoms with Crippen molar-refractivity contribution in [2.75, 3.05) is 13.1 Å². The number of hydrogen-bond donors (Lipinski definition) is 0. The minimum Gasteiger partial charge on any atom is -0.302 e. The molecule has 0 N–H and O–H groups in total. The zero-order valence-corrected chi connectivity index (χ0v) is 17.3. The van der Waals surface area contributed by atoms with E-state index < -0.39 is 0 Å². The summed E-state index contributed by atoms with van der Waals surface area (Å²) in [6, 6.07) is 22.8. The largest absolute Gasteiger partial charge is 0.302 e. The van der Waals surface area contributed by atoms with Crippen LogP contribution in [-0.4, -0.2) is 42.0 Å². The molecule has 1 aliphatic heterocycles. The van der Waals surface area contributed by atoms with Crippen LogP contribution in [-0.2, 0) is 6.54 Å². The van der Waals surface area contributed by atoms with Gasteiger partial charge in [-0.15, -0.1) is 10.2 Å². The number of nitrogens with zero attached hydrogens (tertiary/aromatic N) is 6. The van der Waals surface area contributed by atoms with Crippen LogP contribution >= 0.6 is 0 Å². The molecule has 1 fully saturated rings. The Morgan fingerprint density at radius 3 is 2.26 bits per heavy atom. The Morgan fingerprint density at radius 1 is 0.742 bits per heavy atom. The van der Waals surface area contributed by atoms with Crippen LogP contribution in [0.15, 0.2) is 79.1 Å². The molecule has 0 unspecified atom stereocenters. The monoisotopic (exact) mass is 408 g/mol. The second-order valence-electron chi connectivity index (χ2n) is 8.24. The lowest BCUT2D eigenvalue weighted by molar-refractivity contribution is 0.199. The van der Waals surface area contributed by atoms with E-state index in [9.17, 15) is 0 Å². The quantitative estimate of drug-likeness (QED) is 0.442. The van der Waals surface area contributed by atoms with Crippen LogP contribution in [0.25, 0.3) is 22.6 Å². The SMILES string of the molecule is c1ccc(-c2nc3ccccn3c2CN2CCC(c3nnc4ccccn34)CC2)cc1. The van der Waals surface area contributed by atoms with Crippen molar-refractivity contribution in [2.24, 2.45) is 0 Å². The maximum atomic E-state index is 4.95. The van der Waals surface area contributed by atoms with Gasteiger partial charge in [-0.05, 0) is 50.2 Å². The molecule has 6 rings (SSSR count). The molecule has 4 aromatic heterocycles. The average molecular weight is 409 g/mol. The molecule has 5 heterocycles. The van der Waals surface area contributed by atoms with Gasteiger partial charge in [0.2, 0.25) is 0 Å². The Hall–Kier alpha value is -3.51. The van der Waals surface area contributed by atoms with Crippen molar-refractivity contribution >= 4 is 11.3 Å². The maximum Gasteiger partial charge on any atom is 0.160 e. The smallest absolute Gasteiger partial charge is 0.160 e. The lowest BCUT2D eigenvalue weighted by atomic mass is 9.95. The van der Waals surface area contributed by atoms with E-state index in [1.807, 2.05) is 18.2 Å². The Bertz CT molecular complexity index is 1330. The highest BCUT2D eigenvalue weighted by Crippen LogP contribution is 2.30. The summed E-state index contributed by atoms with van der Waals surface area (Å²) in [6.07, 6.45) is 6.38. The first kappa shape index (κ1) is 18.3. The number of pyridine rings is 2. The van der Waals surface area contributed by atoms with E-state index in [4.69, 9.17) is 4.98 Å². The molecule has 0 amide bonds. The molecule has 0 aliphatic carbocycles. The standard InChI is InChI=1S/C25H24N6/c1-2-8-19(9-3-1)24-21(30-14-6-4-10-22(30)26-24)18-29-16-12-20(13-17-29)25-28-27-23-11-5-7-15-31(23)25/h1-11,14-15,20H,12-13,16-18H2. The van der Waals surface area contributed by atoms with Gasteiger partial charge in [0.1, 0.15) is 11.5 Å². The van der Waals surface area contributed by atoms with Gasteiger partial charge < -0.3 is 4.40 Å². The van der Waals surface area contributed by atoms with Gasteiger partial charge in [0.25, 0.3) is 0 Å². The number of piperidine rings is 1. The second kappa shape index (κ2) is 7.63. The summed E-state index contributed by atoms with van der Waals surface area (Å²) in [5, 5.41) is 8.84. The third-order valence-electron chi connectivity index (χ3n) is 6.34. The van der Waals surface area contributed by atoms with Gasteiger partial charge in [0.05, 0.1) is 11.4 Å². The Balaban J connectivity index is 1.25. The molecular weight excluding hydrogens is 384 g/mol. The Labute approximate surface area is 180 Å². The first-order chi connectivity index (χ1) is 15.4. The van der Waals surface area contributed by atoms with Gasteiger partial charge >= 0.3 is 0 Å². The van der Waals surface area contributed by atoms with E-state index in [-0.39, 0.29) is 0 Å². The molecule has 1 aliphatic rings. The lowest BCUT2D eigenvalue weighted by Crippen LogP contribution is -2.33. The van der Waals surface area contributed by atoms with Crippen molar-refractivity contribution in [1.29, 1.82) is 0 Å². The number of aromatic nitrogens is 5. The van der Waals surface area contributed by atoms with E-state index in [0.29, 0.717) is 5.92 Å². The van der Waals surface area contributed by atoms with Gasteiger partial charge in [-0.3, -0.25) is 9.30 Å². The third kappa shape index (κ3) is 3.29. The number of likely N-dealkylation sites (tertiary alicyclic amines) is 1. The summed E-state index contributed by atoms with van der Waals surface area (Å²) < 4.78 is 4.37. The predicted octanol–water partition coefficient (Wildman–Crippen LogP) is 4.42. The zero-order chi connectivity index (χ0) is 20.6. The summed E-state index contributed by atoms with van der Waals surface area (Å²) in [6.45, 7) is 2.98. The minimum absolute atomic E-state index is 0.449. The van der Waals surface area contributed by atoms with Crippen LogP contribution < -0.4 is 0 Å². The highest BCUT2D eigenvalue weighted by Gasteiger charge is 2.26. The zero-order valence-electron chi connectivity index (χ0n) is 17.3.